The minimum atomic E-state index is 0.186. The first-order valence-corrected chi connectivity index (χ1v) is 7.26. The number of pyridine rings is 1. The molecule has 0 radical (unpaired) electrons. The third-order valence-corrected chi connectivity index (χ3v) is 3.47. The average Bonchev–Trinajstić information content (AvgIpc) is 3.28. The van der Waals surface area contributed by atoms with E-state index in [1.54, 1.807) is 36.5 Å². The van der Waals surface area contributed by atoms with Crippen molar-refractivity contribution in [2.75, 3.05) is 12.4 Å². The van der Waals surface area contributed by atoms with Crippen LogP contribution in [0.25, 0.3) is 22.5 Å². The van der Waals surface area contributed by atoms with E-state index < -0.39 is 0 Å². The maximum atomic E-state index is 8.83. The Morgan fingerprint density at radius 2 is 2.04 bits per heavy atom. The topological polar surface area (TPSA) is 126 Å². The van der Waals surface area contributed by atoms with Gasteiger partial charge < -0.3 is 14.1 Å². The summed E-state index contributed by atoms with van der Waals surface area (Å²) in [5.74, 6) is 1.18. The summed E-state index contributed by atoms with van der Waals surface area (Å²) in [6.07, 6.45) is 1.62. The molecule has 0 saturated heterocycles. The lowest BCUT2D eigenvalue weighted by Crippen LogP contribution is -1.92. The summed E-state index contributed by atoms with van der Waals surface area (Å²) in [6.45, 7) is 0. The lowest BCUT2D eigenvalue weighted by Gasteiger charge is -1.96. The van der Waals surface area contributed by atoms with Crippen LogP contribution in [0.1, 0.15) is 5.56 Å². The molecule has 0 bridgehead atoms. The molecule has 0 aliphatic carbocycles. The fraction of sp³-hybridized carbons (Fsp3) is 0.0625. The number of imidazole rings is 1. The zero-order valence-electron chi connectivity index (χ0n) is 13.0. The molecule has 9 nitrogen and oxygen atoms in total. The quantitative estimate of drug-likeness (QED) is 0.583. The van der Waals surface area contributed by atoms with Gasteiger partial charge in [-0.25, -0.2) is 9.97 Å². The van der Waals surface area contributed by atoms with Gasteiger partial charge in [0, 0.05) is 11.8 Å². The number of aromatic amines is 1. The van der Waals surface area contributed by atoms with Crippen LogP contribution >= 0.6 is 0 Å². The molecular weight excluding hydrogens is 322 g/mol. The minimum Gasteiger partial charge on any atom is -0.479 e. The van der Waals surface area contributed by atoms with Crippen LogP contribution in [0.15, 0.2) is 40.9 Å². The van der Waals surface area contributed by atoms with Crippen LogP contribution in [0.5, 0.6) is 5.88 Å². The van der Waals surface area contributed by atoms with E-state index in [-0.39, 0.29) is 6.01 Å². The molecule has 4 rings (SSSR count). The highest BCUT2D eigenvalue weighted by Crippen LogP contribution is 2.25. The molecule has 1 aromatic carbocycles. The number of ether oxygens (including phenoxy) is 1. The molecule has 0 aliphatic rings. The summed E-state index contributed by atoms with van der Waals surface area (Å²) in [5, 5.41) is 19.7. The third kappa shape index (κ3) is 2.72. The van der Waals surface area contributed by atoms with E-state index in [1.807, 2.05) is 0 Å². The van der Waals surface area contributed by atoms with E-state index >= 15 is 0 Å². The predicted molar refractivity (Wildman–Crippen MR) is 88.2 cm³/mol. The molecule has 0 atom stereocenters. The van der Waals surface area contributed by atoms with Gasteiger partial charge in [-0.1, -0.05) is 5.10 Å². The van der Waals surface area contributed by atoms with Crippen molar-refractivity contribution in [1.82, 2.24) is 25.1 Å². The predicted octanol–water partition coefficient (Wildman–Crippen LogP) is 2.63. The Morgan fingerprint density at radius 1 is 1.20 bits per heavy atom. The van der Waals surface area contributed by atoms with E-state index in [0.29, 0.717) is 28.8 Å². The number of fused-ring (bicyclic) bond motifs is 1. The lowest BCUT2D eigenvalue weighted by atomic mass is 10.1. The van der Waals surface area contributed by atoms with E-state index in [4.69, 9.17) is 14.4 Å². The number of hydrogen-bond donors (Lipinski definition) is 2. The van der Waals surface area contributed by atoms with E-state index in [2.05, 4.69) is 36.5 Å². The highest BCUT2D eigenvalue weighted by atomic mass is 16.5. The first-order chi connectivity index (χ1) is 12.3. The maximum absolute atomic E-state index is 8.83. The second-order valence-electron chi connectivity index (χ2n) is 5.03. The summed E-state index contributed by atoms with van der Waals surface area (Å²) in [5.41, 5.74) is 2.64. The van der Waals surface area contributed by atoms with Gasteiger partial charge in [0.15, 0.2) is 5.52 Å². The highest BCUT2D eigenvalue weighted by Gasteiger charge is 2.13. The van der Waals surface area contributed by atoms with Crippen molar-refractivity contribution in [3.05, 3.63) is 42.1 Å². The zero-order chi connectivity index (χ0) is 17.2. The highest BCUT2D eigenvalue weighted by molar-refractivity contribution is 5.82. The van der Waals surface area contributed by atoms with Gasteiger partial charge in [-0.2, -0.15) is 5.26 Å². The van der Waals surface area contributed by atoms with Gasteiger partial charge in [0.25, 0.3) is 0 Å². The molecule has 0 fully saturated rings. The van der Waals surface area contributed by atoms with Crippen molar-refractivity contribution >= 4 is 23.0 Å². The molecule has 9 heteroatoms. The molecule has 3 heterocycles. The van der Waals surface area contributed by atoms with E-state index in [0.717, 1.165) is 11.1 Å². The van der Waals surface area contributed by atoms with Crippen molar-refractivity contribution in [3.8, 4) is 23.4 Å². The Labute approximate surface area is 141 Å². The summed E-state index contributed by atoms with van der Waals surface area (Å²) >= 11 is 0. The molecule has 25 heavy (non-hydrogen) atoms. The number of aromatic nitrogens is 5. The van der Waals surface area contributed by atoms with Crippen molar-refractivity contribution in [1.29, 1.82) is 5.26 Å². The number of anilines is 2. The normalized spacial score (nSPS) is 10.6. The smallest absolute Gasteiger partial charge is 0.322 e. The molecule has 0 aliphatic heterocycles. The molecule has 0 amide bonds. The molecule has 0 unspecified atom stereocenters. The van der Waals surface area contributed by atoms with Crippen LogP contribution in [-0.2, 0) is 0 Å². The van der Waals surface area contributed by atoms with E-state index in [9.17, 15) is 0 Å². The molecule has 2 N–H and O–H groups in total. The largest absolute Gasteiger partial charge is 0.479 e. The first kappa shape index (κ1) is 14.6. The van der Waals surface area contributed by atoms with Crippen molar-refractivity contribution in [2.24, 2.45) is 0 Å². The Bertz CT molecular complexity index is 1080. The summed E-state index contributed by atoms with van der Waals surface area (Å²) < 4.78 is 10.8. The fourth-order valence-electron chi connectivity index (χ4n) is 2.30. The Hall–Kier alpha value is -3.93. The van der Waals surface area contributed by atoms with Gasteiger partial charge in [0.2, 0.25) is 17.7 Å². The van der Waals surface area contributed by atoms with Gasteiger partial charge >= 0.3 is 6.01 Å². The monoisotopic (exact) mass is 333 g/mol. The van der Waals surface area contributed by atoms with Gasteiger partial charge in [0.05, 0.1) is 24.3 Å². The van der Waals surface area contributed by atoms with Crippen LogP contribution in [0, 0.1) is 11.3 Å². The Balaban J connectivity index is 1.59. The summed E-state index contributed by atoms with van der Waals surface area (Å²) in [4.78, 5) is 11.5. The number of H-pyrrole nitrogens is 1. The van der Waals surface area contributed by atoms with Crippen molar-refractivity contribution in [3.63, 3.8) is 0 Å². The standard InChI is InChI=1S/C16H11N7O2/c1-24-14-12-11(6-7-18-14)19-15(20-12)21-16-23-22-13(25-16)10-4-2-9(8-17)3-5-10/h2-7H,1H3,(H2,19,20,21,23). The van der Waals surface area contributed by atoms with Crippen molar-refractivity contribution in [2.45, 2.75) is 0 Å². The summed E-state index contributed by atoms with van der Waals surface area (Å²) in [7, 11) is 1.53. The fourth-order valence-corrected chi connectivity index (χ4v) is 2.30. The molecule has 4 aromatic rings. The van der Waals surface area contributed by atoms with Crippen LogP contribution in [0.2, 0.25) is 0 Å². The average molecular weight is 333 g/mol. The SMILES string of the molecule is COc1nccc2[nH]c(Nc3nnc(-c4ccc(C#N)cc4)o3)nc12. The third-order valence-electron chi connectivity index (χ3n) is 3.47. The number of nitrogens with one attached hydrogen (secondary N) is 2. The molecule has 0 spiro atoms. The van der Waals surface area contributed by atoms with Gasteiger partial charge in [-0.15, -0.1) is 5.10 Å². The number of nitrogens with zero attached hydrogens (tertiary/aromatic N) is 5. The maximum Gasteiger partial charge on any atom is 0.322 e. The zero-order valence-corrected chi connectivity index (χ0v) is 13.0. The van der Waals surface area contributed by atoms with Crippen molar-refractivity contribution < 1.29 is 9.15 Å². The Kier molecular flexibility index (Phi) is 3.48. The lowest BCUT2D eigenvalue weighted by molar-refractivity contribution is 0.402. The molecule has 122 valence electrons. The van der Waals surface area contributed by atoms with Crippen LogP contribution in [0.3, 0.4) is 0 Å². The number of hydrogen-bond acceptors (Lipinski definition) is 8. The molecule has 0 saturated carbocycles. The second-order valence-corrected chi connectivity index (χ2v) is 5.03. The van der Waals surface area contributed by atoms with E-state index in [1.165, 1.54) is 7.11 Å². The number of benzene rings is 1. The van der Waals surface area contributed by atoms with Gasteiger partial charge in [0.1, 0.15) is 0 Å². The van der Waals surface area contributed by atoms with Gasteiger partial charge in [-0.3, -0.25) is 5.32 Å². The van der Waals surface area contributed by atoms with Gasteiger partial charge in [-0.05, 0) is 30.3 Å². The number of methoxy groups -OCH3 is 1. The number of rotatable bonds is 4. The molecular formula is C16H11N7O2. The second kappa shape index (κ2) is 5.93. The van der Waals surface area contributed by atoms with Crippen LogP contribution in [0.4, 0.5) is 12.0 Å². The van der Waals surface area contributed by atoms with Crippen LogP contribution in [-0.4, -0.2) is 32.3 Å². The Morgan fingerprint density at radius 3 is 2.80 bits per heavy atom. The first-order valence-electron chi connectivity index (χ1n) is 7.26. The molecule has 3 aromatic heterocycles. The number of nitriles is 1. The van der Waals surface area contributed by atoms with Crippen LogP contribution < -0.4 is 10.1 Å². The minimum absolute atomic E-state index is 0.186. The summed E-state index contributed by atoms with van der Waals surface area (Å²) in [6, 6.07) is 10.9.